The van der Waals surface area contributed by atoms with Crippen LogP contribution in [-0.2, 0) is 5.41 Å². The second-order valence-corrected chi connectivity index (χ2v) is 5.45. The molecule has 1 aliphatic carbocycles. The van der Waals surface area contributed by atoms with Gasteiger partial charge < -0.3 is 5.11 Å². The number of rotatable bonds is 1. The van der Waals surface area contributed by atoms with E-state index in [0.717, 1.165) is 17.5 Å². The Morgan fingerprint density at radius 1 is 1.35 bits per heavy atom. The first-order valence-electron chi connectivity index (χ1n) is 5.88. The number of carbonyl (C=O) groups excluding carboxylic acids is 1. The Kier molecular flexibility index (Phi) is 2.61. The van der Waals surface area contributed by atoms with Gasteiger partial charge in [-0.05, 0) is 54.5 Å². The maximum Gasteiger partial charge on any atom is 0.163 e. The van der Waals surface area contributed by atoms with Crippen LogP contribution in [0, 0.1) is 0 Å². The SMILES string of the molecule is CC(=O)c1cc2c(cc1O)C(C)=CCC2(C)C. The van der Waals surface area contributed by atoms with Crippen LogP contribution in [0.4, 0.5) is 0 Å². The number of ketones is 1. The number of allylic oxidation sites excluding steroid dienone is 2. The lowest BCUT2D eigenvalue weighted by Crippen LogP contribution is -2.21. The van der Waals surface area contributed by atoms with Crippen molar-refractivity contribution in [1.29, 1.82) is 0 Å². The summed E-state index contributed by atoms with van der Waals surface area (Å²) in [6, 6.07) is 3.57. The van der Waals surface area contributed by atoms with Gasteiger partial charge in [-0.3, -0.25) is 4.79 Å². The van der Waals surface area contributed by atoms with Crippen molar-refractivity contribution in [3.63, 3.8) is 0 Å². The lowest BCUT2D eigenvalue weighted by atomic mass is 9.73. The fraction of sp³-hybridized carbons (Fsp3) is 0.400. The van der Waals surface area contributed by atoms with Crippen molar-refractivity contribution in [1.82, 2.24) is 0 Å². The van der Waals surface area contributed by atoms with E-state index in [4.69, 9.17) is 0 Å². The van der Waals surface area contributed by atoms with E-state index in [9.17, 15) is 9.90 Å². The van der Waals surface area contributed by atoms with Crippen LogP contribution in [0.25, 0.3) is 5.57 Å². The highest BCUT2D eigenvalue weighted by molar-refractivity contribution is 5.97. The molecule has 1 aromatic rings. The molecule has 2 nitrogen and oxygen atoms in total. The molecule has 1 aliphatic rings. The molecule has 0 atom stereocenters. The predicted octanol–water partition coefficient (Wildman–Crippen LogP) is 3.68. The lowest BCUT2D eigenvalue weighted by Gasteiger charge is -2.31. The monoisotopic (exact) mass is 230 g/mol. The van der Waals surface area contributed by atoms with Gasteiger partial charge in [-0.25, -0.2) is 0 Å². The van der Waals surface area contributed by atoms with Gasteiger partial charge in [0.2, 0.25) is 0 Å². The van der Waals surface area contributed by atoms with Crippen molar-refractivity contribution in [2.24, 2.45) is 0 Å². The highest BCUT2D eigenvalue weighted by Gasteiger charge is 2.28. The number of phenolic OH excluding ortho intramolecular Hbond substituents is 1. The molecule has 0 radical (unpaired) electrons. The van der Waals surface area contributed by atoms with Crippen molar-refractivity contribution in [3.05, 3.63) is 34.9 Å². The molecule has 0 aliphatic heterocycles. The molecule has 0 bridgehead atoms. The van der Waals surface area contributed by atoms with Crippen molar-refractivity contribution in [2.75, 3.05) is 0 Å². The van der Waals surface area contributed by atoms with Crippen molar-refractivity contribution in [3.8, 4) is 5.75 Å². The zero-order valence-corrected chi connectivity index (χ0v) is 10.8. The first-order valence-corrected chi connectivity index (χ1v) is 5.88. The van der Waals surface area contributed by atoms with E-state index in [0.29, 0.717) is 5.56 Å². The molecular formula is C15H18O2. The van der Waals surface area contributed by atoms with Crippen LogP contribution in [0.1, 0.15) is 55.6 Å². The van der Waals surface area contributed by atoms with Gasteiger partial charge in [-0.1, -0.05) is 19.9 Å². The Labute approximate surface area is 102 Å². The number of hydrogen-bond acceptors (Lipinski definition) is 2. The molecule has 0 heterocycles. The Bertz CT molecular complexity index is 522. The van der Waals surface area contributed by atoms with Crippen LogP contribution in [0.15, 0.2) is 18.2 Å². The van der Waals surface area contributed by atoms with Crippen LogP contribution in [0.5, 0.6) is 5.75 Å². The third-order valence-corrected chi connectivity index (χ3v) is 3.59. The zero-order valence-electron chi connectivity index (χ0n) is 10.8. The van der Waals surface area contributed by atoms with Crippen LogP contribution in [0.3, 0.4) is 0 Å². The highest BCUT2D eigenvalue weighted by Crippen LogP contribution is 2.41. The Balaban J connectivity index is 2.72. The molecule has 0 spiro atoms. The molecule has 0 saturated carbocycles. The summed E-state index contributed by atoms with van der Waals surface area (Å²) in [7, 11) is 0. The third kappa shape index (κ3) is 1.88. The minimum absolute atomic E-state index is 0.0206. The Hall–Kier alpha value is -1.57. The van der Waals surface area contributed by atoms with Gasteiger partial charge in [-0.15, -0.1) is 0 Å². The van der Waals surface area contributed by atoms with Crippen LogP contribution >= 0.6 is 0 Å². The number of aromatic hydroxyl groups is 1. The molecule has 0 aromatic heterocycles. The summed E-state index contributed by atoms with van der Waals surface area (Å²) in [5, 5.41) is 9.88. The van der Waals surface area contributed by atoms with Crippen LogP contribution in [0.2, 0.25) is 0 Å². The Morgan fingerprint density at radius 2 is 2.00 bits per heavy atom. The number of carbonyl (C=O) groups is 1. The van der Waals surface area contributed by atoms with E-state index in [2.05, 4.69) is 19.9 Å². The standard InChI is InChI=1S/C15H18O2/c1-9-5-6-15(3,4)13-7-12(10(2)16)14(17)8-11(9)13/h5,7-8,17H,6H2,1-4H3. The van der Waals surface area contributed by atoms with Crippen molar-refractivity contribution < 1.29 is 9.90 Å². The highest BCUT2D eigenvalue weighted by atomic mass is 16.3. The maximum absolute atomic E-state index is 11.5. The van der Waals surface area contributed by atoms with Gasteiger partial charge in [0, 0.05) is 0 Å². The second-order valence-electron chi connectivity index (χ2n) is 5.45. The quantitative estimate of drug-likeness (QED) is 0.747. The largest absolute Gasteiger partial charge is 0.507 e. The molecule has 0 saturated heterocycles. The van der Waals surface area contributed by atoms with E-state index < -0.39 is 0 Å². The maximum atomic E-state index is 11.5. The average molecular weight is 230 g/mol. The zero-order chi connectivity index (χ0) is 12.8. The third-order valence-electron chi connectivity index (χ3n) is 3.59. The molecule has 2 rings (SSSR count). The van der Waals surface area contributed by atoms with E-state index in [1.54, 1.807) is 6.07 Å². The van der Waals surface area contributed by atoms with Gasteiger partial charge in [0.15, 0.2) is 5.78 Å². The van der Waals surface area contributed by atoms with E-state index in [1.165, 1.54) is 12.5 Å². The van der Waals surface area contributed by atoms with E-state index in [-0.39, 0.29) is 16.9 Å². The minimum atomic E-state index is -0.0895. The molecule has 1 aromatic carbocycles. The number of fused-ring (bicyclic) bond motifs is 1. The first kappa shape index (κ1) is 11.9. The number of phenols is 1. The molecule has 0 unspecified atom stereocenters. The average Bonchev–Trinajstić information content (AvgIpc) is 2.23. The summed E-state index contributed by atoms with van der Waals surface area (Å²) in [6.07, 6.45) is 3.16. The summed E-state index contributed by atoms with van der Waals surface area (Å²) in [6.45, 7) is 7.85. The Morgan fingerprint density at radius 3 is 2.59 bits per heavy atom. The number of benzene rings is 1. The first-order chi connectivity index (χ1) is 7.83. The van der Waals surface area contributed by atoms with Crippen LogP contribution in [-0.4, -0.2) is 10.9 Å². The van der Waals surface area contributed by atoms with Gasteiger partial charge >= 0.3 is 0 Å². The topological polar surface area (TPSA) is 37.3 Å². The normalized spacial score (nSPS) is 17.3. The molecule has 1 N–H and O–H groups in total. The molecule has 17 heavy (non-hydrogen) atoms. The summed E-state index contributed by atoms with van der Waals surface area (Å²) < 4.78 is 0. The lowest BCUT2D eigenvalue weighted by molar-refractivity contribution is 0.101. The smallest absolute Gasteiger partial charge is 0.163 e. The second kappa shape index (κ2) is 3.73. The predicted molar refractivity (Wildman–Crippen MR) is 69.4 cm³/mol. The number of hydrogen-bond donors (Lipinski definition) is 1. The molecule has 90 valence electrons. The number of Topliss-reactive ketones (excluding diaryl/α,β-unsaturated/α-hetero) is 1. The van der Waals surface area contributed by atoms with E-state index in [1.807, 2.05) is 13.0 Å². The summed E-state index contributed by atoms with van der Waals surface area (Å²) in [4.78, 5) is 11.5. The molecular weight excluding hydrogens is 212 g/mol. The molecule has 2 heteroatoms. The van der Waals surface area contributed by atoms with Gasteiger partial charge in [0.25, 0.3) is 0 Å². The van der Waals surface area contributed by atoms with Crippen molar-refractivity contribution >= 4 is 11.4 Å². The van der Waals surface area contributed by atoms with Crippen LogP contribution < -0.4 is 0 Å². The molecule has 0 amide bonds. The van der Waals surface area contributed by atoms with Gasteiger partial charge in [0.05, 0.1) is 5.56 Å². The van der Waals surface area contributed by atoms with Crippen molar-refractivity contribution in [2.45, 2.75) is 39.5 Å². The fourth-order valence-corrected chi connectivity index (χ4v) is 2.38. The fourth-order valence-electron chi connectivity index (χ4n) is 2.38. The van der Waals surface area contributed by atoms with Gasteiger partial charge in [-0.2, -0.15) is 0 Å². The van der Waals surface area contributed by atoms with Gasteiger partial charge in [0.1, 0.15) is 5.75 Å². The summed E-state index contributed by atoms with van der Waals surface area (Å²) in [5.74, 6) is -0.00462. The van der Waals surface area contributed by atoms with E-state index >= 15 is 0 Å². The summed E-state index contributed by atoms with van der Waals surface area (Å²) >= 11 is 0. The molecule has 0 fully saturated rings. The minimum Gasteiger partial charge on any atom is -0.507 e. The summed E-state index contributed by atoms with van der Waals surface area (Å²) in [5.41, 5.74) is 3.83.